The highest BCUT2D eigenvalue weighted by molar-refractivity contribution is 6.01. The first-order valence-electron chi connectivity index (χ1n) is 6.85. The second-order valence-electron chi connectivity index (χ2n) is 4.66. The lowest BCUT2D eigenvalue weighted by atomic mass is 10.2. The van der Waals surface area contributed by atoms with E-state index in [0.717, 1.165) is 5.69 Å². The Bertz CT molecular complexity index is 458. The first kappa shape index (κ1) is 13.6. The SMILES string of the molecule is CCC(=O)N(CC)C1CCN(c2ccccc2)C1=O. The second kappa shape index (κ2) is 5.87. The number of hydrogen-bond donors (Lipinski definition) is 0. The Kier molecular flexibility index (Phi) is 4.20. The zero-order valence-electron chi connectivity index (χ0n) is 11.5. The molecule has 0 bridgehead atoms. The van der Waals surface area contributed by atoms with Crippen LogP contribution in [0.3, 0.4) is 0 Å². The van der Waals surface area contributed by atoms with Crippen LogP contribution in [0.25, 0.3) is 0 Å². The molecule has 0 spiro atoms. The molecular formula is C15H20N2O2. The first-order chi connectivity index (χ1) is 9.19. The van der Waals surface area contributed by atoms with Gasteiger partial charge in [0.05, 0.1) is 0 Å². The maximum absolute atomic E-state index is 12.5. The zero-order valence-corrected chi connectivity index (χ0v) is 11.5. The monoisotopic (exact) mass is 260 g/mol. The molecule has 0 aromatic heterocycles. The molecule has 4 nitrogen and oxygen atoms in total. The standard InChI is InChI=1S/C15H20N2O2/c1-3-14(18)16(4-2)13-10-11-17(15(13)19)12-8-6-5-7-9-12/h5-9,13H,3-4,10-11H2,1-2H3. The van der Waals surface area contributed by atoms with Gasteiger partial charge in [-0.3, -0.25) is 9.59 Å². The molecule has 1 saturated heterocycles. The largest absolute Gasteiger partial charge is 0.331 e. The minimum Gasteiger partial charge on any atom is -0.331 e. The van der Waals surface area contributed by atoms with Gasteiger partial charge in [0.15, 0.2) is 0 Å². The van der Waals surface area contributed by atoms with Crippen LogP contribution < -0.4 is 4.90 Å². The summed E-state index contributed by atoms with van der Waals surface area (Å²) in [7, 11) is 0. The number of anilines is 1. The summed E-state index contributed by atoms with van der Waals surface area (Å²) in [6, 6.07) is 9.34. The molecule has 1 heterocycles. The Hall–Kier alpha value is -1.84. The van der Waals surface area contributed by atoms with Crippen molar-refractivity contribution in [3.63, 3.8) is 0 Å². The molecule has 0 N–H and O–H groups in total. The van der Waals surface area contributed by atoms with Crippen LogP contribution in [0.15, 0.2) is 30.3 Å². The van der Waals surface area contributed by atoms with E-state index in [4.69, 9.17) is 0 Å². The molecular weight excluding hydrogens is 240 g/mol. The number of rotatable bonds is 4. The molecule has 0 aliphatic carbocycles. The normalized spacial score (nSPS) is 18.7. The lowest BCUT2D eigenvalue weighted by Gasteiger charge is -2.26. The molecule has 1 aromatic rings. The molecule has 2 rings (SSSR count). The first-order valence-corrected chi connectivity index (χ1v) is 6.85. The Morgan fingerprint density at radius 1 is 1.32 bits per heavy atom. The predicted octanol–water partition coefficient (Wildman–Crippen LogP) is 2.05. The number of hydrogen-bond acceptors (Lipinski definition) is 2. The van der Waals surface area contributed by atoms with Crippen LogP contribution in [0.1, 0.15) is 26.7 Å². The minimum absolute atomic E-state index is 0.0369. The van der Waals surface area contributed by atoms with Gasteiger partial charge in [-0.1, -0.05) is 25.1 Å². The maximum Gasteiger partial charge on any atom is 0.249 e. The number of nitrogens with zero attached hydrogens (tertiary/aromatic N) is 2. The van der Waals surface area contributed by atoms with Crippen molar-refractivity contribution in [1.82, 2.24) is 4.90 Å². The van der Waals surface area contributed by atoms with Gasteiger partial charge in [0.2, 0.25) is 11.8 Å². The summed E-state index contributed by atoms with van der Waals surface area (Å²) in [5, 5.41) is 0. The molecule has 1 aliphatic heterocycles. The molecule has 1 unspecified atom stereocenters. The van der Waals surface area contributed by atoms with Crippen LogP contribution in [-0.2, 0) is 9.59 Å². The Morgan fingerprint density at radius 3 is 2.58 bits per heavy atom. The second-order valence-corrected chi connectivity index (χ2v) is 4.66. The fourth-order valence-electron chi connectivity index (χ4n) is 2.59. The topological polar surface area (TPSA) is 40.6 Å². The van der Waals surface area contributed by atoms with Gasteiger partial charge < -0.3 is 9.80 Å². The van der Waals surface area contributed by atoms with E-state index < -0.39 is 0 Å². The molecule has 1 aliphatic rings. The van der Waals surface area contributed by atoms with Crippen molar-refractivity contribution >= 4 is 17.5 Å². The van der Waals surface area contributed by atoms with Crippen molar-refractivity contribution < 1.29 is 9.59 Å². The zero-order chi connectivity index (χ0) is 13.8. The number of carbonyl (C=O) groups is 2. The summed E-state index contributed by atoms with van der Waals surface area (Å²) in [6.07, 6.45) is 1.16. The van der Waals surface area contributed by atoms with Crippen molar-refractivity contribution in [2.75, 3.05) is 18.0 Å². The van der Waals surface area contributed by atoms with Gasteiger partial charge in [-0.05, 0) is 25.5 Å². The van der Waals surface area contributed by atoms with Crippen molar-refractivity contribution in [1.29, 1.82) is 0 Å². The predicted molar refractivity (Wildman–Crippen MR) is 74.9 cm³/mol. The fraction of sp³-hybridized carbons (Fsp3) is 0.467. The van der Waals surface area contributed by atoms with E-state index in [1.807, 2.05) is 44.2 Å². The Balaban J connectivity index is 2.15. The van der Waals surface area contributed by atoms with Crippen LogP contribution in [0.5, 0.6) is 0 Å². The van der Waals surface area contributed by atoms with Crippen molar-refractivity contribution in [2.45, 2.75) is 32.7 Å². The molecule has 102 valence electrons. The van der Waals surface area contributed by atoms with Gasteiger partial charge in [-0.25, -0.2) is 0 Å². The third kappa shape index (κ3) is 2.62. The smallest absolute Gasteiger partial charge is 0.249 e. The minimum atomic E-state index is -0.294. The van der Waals surface area contributed by atoms with E-state index >= 15 is 0 Å². The fourth-order valence-corrected chi connectivity index (χ4v) is 2.59. The maximum atomic E-state index is 12.5. The van der Waals surface area contributed by atoms with Crippen molar-refractivity contribution in [3.8, 4) is 0 Å². The number of likely N-dealkylation sites (N-methyl/N-ethyl adjacent to an activating group) is 1. The quantitative estimate of drug-likeness (QED) is 0.831. The number of benzene rings is 1. The summed E-state index contributed by atoms with van der Waals surface area (Å²) >= 11 is 0. The van der Waals surface area contributed by atoms with E-state index in [0.29, 0.717) is 25.9 Å². The third-order valence-corrected chi connectivity index (χ3v) is 3.58. The van der Waals surface area contributed by atoms with Crippen LogP contribution in [-0.4, -0.2) is 35.8 Å². The van der Waals surface area contributed by atoms with Gasteiger partial charge >= 0.3 is 0 Å². The van der Waals surface area contributed by atoms with Crippen LogP contribution in [0.4, 0.5) is 5.69 Å². The molecule has 0 saturated carbocycles. The lowest BCUT2D eigenvalue weighted by Crippen LogP contribution is -2.45. The number of para-hydroxylation sites is 1. The van der Waals surface area contributed by atoms with Crippen LogP contribution >= 0.6 is 0 Å². The van der Waals surface area contributed by atoms with Crippen LogP contribution in [0, 0.1) is 0 Å². The van der Waals surface area contributed by atoms with Gasteiger partial charge in [-0.2, -0.15) is 0 Å². The third-order valence-electron chi connectivity index (χ3n) is 3.58. The van der Waals surface area contributed by atoms with E-state index in [1.165, 1.54) is 0 Å². The summed E-state index contributed by atoms with van der Waals surface area (Å²) in [4.78, 5) is 27.8. The average Bonchev–Trinajstić information content (AvgIpc) is 2.82. The summed E-state index contributed by atoms with van der Waals surface area (Å²) in [5.41, 5.74) is 0.912. The molecule has 2 amide bonds. The van der Waals surface area contributed by atoms with Gasteiger partial charge in [0.25, 0.3) is 0 Å². The van der Waals surface area contributed by atoms with E-state index in [2.05, 4.69) is 0 Å². The van der Waals surface area contributed by atoms with Crippen molar-refractivity contribution in [2.24, 2.45) is 0 Å². The molecule has 1 atom stereocenters. The summed E-state index contributed by atoms with van der Waals surface area (Å²) < 4.78 is 0. The molecule has 1 fully saturated rings. The Labute approximate surface area is 114 Å². The molecule has 0 radical (unpaired) electrons. The summed E-state index contributed by atoms with van der Waals surface area (Å²) in [6.45, 7) is 5.03. The number of carbonyl (C=O) groups excluding carboxylic acids is 2. The van der Waals surface area contributed by atoms with Crippen LogP contribution in [0.2, 0.25) is 0 Å². The highest BCUT2D eigenvalue weighted by Crippen LogP contribution is 2.24. The van der Waals surface area contributed by atoms with E-state index in [1.54, 1.807) is 9.80 Å². The average molecular weight is 260 g/mol. The summed E-state index contributed by atoms with van der Waals surface area (Å²) in [5.74, 6) is 0.0885. The number of amides is 2. The van der Waals surface area contributed by atoms with E-state index in [9.17, 15) is 9.59 Å². The van der Waals surface area contributed by atoms with Gasteiger partial charge in [-0.15, -0.1) is 0 Å². The van der Waals surface area contributed by atoms with Gasteiger partial charge in [0.1, 0.15) is 6.04 Å². The van der Waals surface area contributed by atoms with E-state index in [-0.39, 0.29) is 17.9 Å². The lowest BCUT2D eigenvalue weighted by molar-refractivity contribution is -0.137. The molecule has 4 heteroatoms. The van der Waals surface area contributed by atoms with Crippen molar-refractivity contribution in [3.05, 3.63) is 30.3 Å². The molecule has 1 aromatic carbocycles. The van der Waals surface area contributed by atoms with Gasteiger partial charge in [0, 0.05) is 25.2 Å². The highest BCUT2D eigenvalue weighted by Gasteiger charge is 2.37. The highest BCUT2D eigenvalue weighted by atomic mass is 16.2. The molecule has 19 heavy (non-hydrogen) atoms. The Morgan fingerprint density at radius 2 is 2.00 bits per heavy atom.